The molecule has 200 valence electrons. The van der Waals surface area contributed by atoms with Crippen molar-refractivity contribution < 1.29 is 19.1 Å². The molecule has 4 rings (SSSR count). The maximum absolute atomic E-state index is 13.5. The molecule has 5 N–H and O–H groups in total. The van der Waals surface area contributed by atoms with Crippen molar-refractivity contribution in [2.75, 3.05) is 7.11 Å². The maximum Gasteiger partial charge on any atom is 0.256 e. The summed E-state index contributed by atoms with van der Waals surface area (Å²) < 4.78 is 5.23. The number of fused-ring (bicyclic) bond motifs is 1. The highest BCUT2D eigenvalue weighted by Gasteiger charge is 2.27. The molecule has 4 aromatic carbocycles. The molecule has 0 aliphatic rings. The summed E-state index contributed by atoms with van der Waals surface area (Å²) in [5, 5.41) is 7.77. The molecule has 0 saturated carbocycles. The van der Waals surface area contributed by atoms with Crippen molar-refractivity contribution in [1.29, 1.82) is 0 Å². The van der Waals surface area contributed by atoms with Crippen molar-refractivity contribution in [1.82, 2.24) is 16.1 Å². The van der Waals surface area contributed by atoms with Gasteiger partial charge in [-0.2, -0.15) is 0 Å². The van der Waals surface area contributed by atoms with Gasteiger partial charge in [-0.25, -0.2) is 5.84 Å². The normalized spacial score (nSPS) is 12.3. The van der Waals surface area contributed by atoms with Crippen molar-refractivity contribution in [2.24, 2.45) is 5.84 Å². The highest BCUT2D eigenvalue weighted by Crippen LogP contribution is 2.17. The predicted molar refractivity (Wildman–Crippen MR) is 151 cm³/mol. The fourth-order valence-electron chi connectivity index (χ4n) is 4.42. The molecule has 8 nitrogen and oxygen atoms in total. The van der Waals surface area contributed by atoms with Crippen LogP contribution in [0, 0.1) is 0 Å². The topological polar surface area (TPSA) is 123 Å². The largest absolute Gasteiger partial charge is 0.497 e. The lowest BCUT2D eigenvalue weighted by atomic mass is 10.0. The zero-order valence-electron chi connectivity index (χ0n) is 21.7. The van der Waals surface area contributed by atoms with E-state index < -0.39 is 23.9 Å². The molecule has 4 aromatic rings. The van der Waals surface area contributed by atoms with E-state index in [9.17, 15) is 14.4 Å². The second-order valence-corrected chi connectivity index (χ2v) is 9.29. The Labute approximate surface area is 227 Å². The Hall–Kier alpha value is -4.69. The summed E-state index contributed by atoms with van der Waals surface area (Å²) in [5.41, 5.74) is 4.64. The molecule has 0 saturated heterocycles. The molecule has 0 spiro atoms. The molecule has 0 radical (unpaired) electrons. The van der Waals surface area contributed by atoms with Crippen LogP contribution in [0.1, 0.15) is 16.7 Å². The molecule has 0 aliphatic heterocycles. The Kier molecular flexibility index (Phi) is 9.26. The minimum absolute atomic E-state index is 0.105. The number of ether oxygens (including phenoxy) is 1. The van der Waals surface area contributed by atoms with Crippen molar-refractivity contribution in [3.05, 3.63) is 114 Å². The number of hydrazine groups is 1. The van der Waals surface area contributed by atoms with Crippen molar-refractivity contribution in [3.8, 4) is 5.75 Å². The number of nitrogens with one attached hydrogen (secondary N) is 3. The van der Waals surface area contributed by atoms with Gasteiger partial charge in [-0.3, -0.25) is 19.8 Å². The van der Waals surface area contributed by atoms with Crippen LogP contribution in [0.5, 0.6) is 5.75 Å². The van der Waals surface area contributed by atoms with E-state index in [1.165, 1.54) is 0 Å². The highest BCUT2D eigenvalue weighted by molar-refractivity contribution is 5.93. The molecule has 0 fully saturated rings. The van der Waals surface area contributed by atoms with Gasteiger partial charge in [-0.1, -0.05) is 84.9 Å². The van der Waals surface area contributed by atoms with E-state index in [1.54, 1.807) is 19.2 Å². The van der Waals surface area contributed by atoms with Gasteiger partial charge in [0, 0.05) is 12.8 Å². The highest BCUT2D eigenvalue weighted by atomic mass is 16.5. The van der Waals surface area contributed by atoms with Crippen molar-refractivity contribution in [2.45, 2.75) is 31.3 Å². The Morgan fingerprint density at radius 3 is 1.95 bits per heavy atom. The molecule has 8 heteroatoms. The van der Waals surface area contributed by atoms with E-state index in [4.69, 9.17) is 10.6 Å². The number of methoxy groups -OCH3 is 1. The van der Waals surface area contributed by atoms with Gasteiger partial charge in [0.05, 0.1) is 13.5 Å². The lowest BCUT2D eigenvalue weighted by Crippen LogP contribution is -2.56. The van der Waals surface area contributed by atoms with Gasteiger partial charge in [-0.05, 0) is 39.6 Å². The summed E-state index contributed by atoms with van der Waals surface area (Å²) in [6, 6.07) is 28.5. The molecule has 0 bridgehead atoms. The minimum Gasteiger partial charge on any atom is -0.497 e. The molecular formula is C31H32N4O4. The van der Waals surface area contributed by atoms with E-state index in [-0.39, 0.29) is 25.2 Å². The number of nitrogens with two attached hydrogens (primary N) is 1. The fourth-order valence-corrected chi connectivity index (χ4v) is 4.42. The Bertz CT molecular complexity index is 1420. The van der Waals surface area contributed by atoms with Gasteiger partial charge in [0.15, 0.2) is 0 Å². The van der Waals surface area contributed by atoms with Crippen molar-refractivity contribution >= 4 is 28.5 Å². The van der Waals surface area contributed by atoms with E-state index in [2.05, 4.69) is 16.1 Å². The Morgan fingerprint density at radius 1 is 0.692 bits per heavy atom. The lowest BCUT2D eigenvalue weighted by Gasteiger charge is -2.23. The van der Waals surface area contributed by atoms with Crippen LogP contribution >= 0.6 is 0 Å². The number of carbonyl (C=O) groups is 3. The number of amides is 3. The monoisotopic (exact) mass is 524 g/mol. The first kappa shape index (κ1) is 27.3. The van der Waals surface area contributed by atoms with E-state index >= 15 is 0 Å². The number of carbonyl (C=O) groups excluding carboxylic acids is 3. The number of benzene rings is 4. The average Bonchev–Trinajstić information content (AvgIpc) is 2.96. The van der Waals surface area contributed by atoms with Crippen LogP contribution in [-0.4, -0.2) is 36.9 Å². The van der Waals surface area contributed by atoms with Crippen molar-refractivity contribution in [3.63, 3.8) is 0 Å². The van der Waals surface area contributed by atoms with Crippen LogP contribution in [0.4, 0.5) is 0 Å². The average molecular weight is 525 g/mol. The van der Waals surface area contributed by atoms with Gasteiger partial charge in [-0.15, -0.1) is 0 Å². The number of rotatable bonds is 11. The smallest absolute Gasteiger partial charge is 0.256 e. The lowest BCUT2D eigenvalue weighted by molar-refractivity contribution is -0.132. The van der Waals surface area contributed by atoms with Crippen LogP contribution in [0.3, 0.4) is 0 Å². The third-order valence-corrected chi connectivity index (χ3v) is 6.49. The third kappa shape index (κ3) is 7.66. The number of hydrogen-bond acceptors (Lipinski definition) is 5. The van der Waals surface area contributed by atoms with E-state index in [1.807, 2.05) is 84.9 Å². The predicted octanol–water partition coefficient (Wildman–Crippen LogP) is 2.84. The molecule has 3 amide bonds. The summed E-state index contributed by atoms with van der Waals surface area (Å²) in [7, 11) is 1.58. The molecule has 0 aromatic heterocycles. The summed E-state index contributed by atoms with van der Waals surface area (Å²) in [4.78, 5) is 39.1. The summed E-state index contributed by atoms with van der Waals surface area (Å²) in [5.74, 6) is 4.77. The molecular weight excluding hydrogens is 492 g/mol. The zero-order chi connectivity index (χ0) is 27.6. The SMILES string of the molecule is COc1ccc(C[C@H](NC(=O)Cc2ccc3ccccc3c2)C(=O)N[C@@H](Cc2ccccc2)C(=O)NN)cc1. The van der Waals surface area contributed by atoms with Gasteiger partial charge in [0.1, 0.15) is 17.8 Å². The van der Waals surface area contributed by atoms with Crippen LogP contribution in [0.2, 0.25) is 0 Å². The van der Waals surface area contributed by atoms with Gasteiger partial charge in [0.2, 0.25) is 11.8 Å². The standard InChI is InChI=1S/C31H32N4O4/c1-39-26-15-12-22(13-16-26)19-27(30(37)34-28(31(38)35-32)18-21-7-3-2-4-8-21)33-29(36)20-23-11-14-24-9-5-6-10-25(24)17-23/h2-17,27-28H,18-20,32H2,1H3,(H,33,36)(H,34,37)(H,35,38)/t27-,28-/m0/s1. The second kappa shape index (κ2) is 13.2. The van der Waals surface area contributed by atoms with Crippen LogP contribution in [0.25, 0.3) is 10.8 Å². The van der Waals surface area contributed by atoms with Gasteiger partial charge >= 0.3 is 0 Å². The maximum atomic E-state index is 13.5. The summed E-state index contributed by atoms with van der Waals surface area (Å²) >= 11 is 0. The first-order valence-corrected chi connectivity index (χ1v) is 12.7. The van der Waals surface area contributed by atoms with Gasteiger partial charge < -0.3 is 15.4 Å². The Morgan fingerprint density at radius 2 is 1.28 bits per heavy atom. The minimum atomic E-state index is -0.921. The zero-order valence-corrected chi connectivity index (χ0v) is 21.7. The second-order valence-electron chi connectivity index (χ2n) is 9.29. The molecule has 2 atom stereocenters. The van der Waals surface area contributed by atoms with E-state index in [0.29, 0.717) is 5.75 Å². The third-order valence-electron chi connectivity index (χ3n) is 6.49. The van der Waals surface area contributed by atoms with E-state index in [0.717, 1.165) is 27.5 Å². The van der Waals surface area contributed by atoms with Crippen LogP contribution in [0.15, 0.2) is 97.1 Å². The first-order valence-electron chi connectivity index (χ1n) is 12.7. The van der Waals surface area contributed by atoms with Crippen LogP contribution < -0.4 is 26.6 Å². The summed E-state index contributed by atoms with van der Waals surface area (Å²) in [6.07, 6.45) is 0.575. The fraction of sp³-hybridized carbons (Fsp3) is 0.194. The summed E-state index contributed by atoms with van der Waals surface area (Å²) in [6.45, 7) is 0. The Balaban J connectivity index is 1.51. The van der Waals surface area contributed by atoms with Gasteiger partial charge in [0.25, 0.3) is 5.91 Å². The first-order chi connectivity index (χ1) is 18.9. The molecule has 0 unspecified atom stereocenters. The molecule has 39 heavy (non-hydrogen) atoms. The molecule has 0 heterocycles. The molecule has 0 aliphatic carbocycles. The quantitative estimate of drug-likeness (QED) is 0.137. The number of hydrogen-bond donors (Lipinski definition) is 4. The van der Waals surface area contributed by atoms with Crippen LogP contribution in [-0.2, 0) is 33.6 Å².